The zero-order valence-electron chi connectivity index (χ0n) is 11.1. The van der Waals surface area contributed by atoms with Gasteiger partial charge in [-0.1, -0.05) is 29.5 Å². The third-order valence-corrected chi connectivity index (χ3v) is 5.62. The molecule has 0 bridgehead atoms. The molecule has 0 radical (unpaired) electrons. The molecule has 6 nitrogen and oxygen atoms in total. The molecule has 0 aliphatic carbocycles. The van der Waals surface area contributed by atoms with Crippen LogP contribution < -0.4 is 14.9 Å². The average molecular weight is 313 g/mol. The Balaban J connectivity index is 2.38. The van der Waals surface area contributed by atoms with Gasteiger partial charge in [-0.05, 0) is 25.6 Å². The van der Waals surface area contributed by atoms with E-state index in [0.29, 0.717) is 29.3 Å². The summed E-state index contributed by atoms with van der Waals surface area (Å²) < 4.78 is 27.2. The highest BCUT2D eigenvalue weighted by molar-refractivity contribution is 7.94. The molecule has 8 heteroatoms. The summed E-state index contributed by atoms with van der Waals surface area (Å²) in [6, 6.07) is 7.11. The van der Waals surface area contributed by atoms with Crippen LogP contribution in [-0.4, -0.2) is 20.4 Å². The number of aromatic nitrogens is 1. The molecule has 0 spiro atoms. The number of aromatic amines is 1. The summed E-state index contributed by atoms with van der Waals surface area (Å²) in [6.07, 6.45) is 0. The Kier molecular flexibility index (Phi) is 4.26. The van der Waals surface area contributed by atoms with Gasteiger partial charge in [0.25, 0.3) is 10.0 Å². The fourth-order valence-corrected chi connectivity index (χ4v) is 4.21. The number of aryl methyl sites for hydroxylation is 1. The number of hydrogen-bond donors (Lipinski definition) is 3. The fraction of sp³-hybridized carbons (Fsp3) is 0.250. The molecule has 0 unspecified atom stereocenters. The maximum atomic E-state index is 12.3. The van der Waals surface area contributed by atoms with Gasteiger partial charge in [0.2, 0.25) is 0 Å². The molecule has 0 aliphatic heterocycles. The molecule has 1 heterocycles. The molecular weight excluding hydrogens is 298 g/mol. The number of para-hydroxylation sites is 1. The van der Waals surface area contributed by atoms with E-state index in [9.17, 15) is 13.2 Å². The van der Waals surface area contributed by atoms with Crippen molar-refractivity contribution in [1.82, 2.24) is 10.3 Å². The smallest absolute Gasteiger partial charge is 0.306 e. The molecule has 0 fully saturated rings. The molecule has 0 saturated heterocycles. The van der Waals surface area contributed by atoms with Gasteiger partial charge in [0.05, 0.1) is 5.69 Å². The van der Waals surface area contributed by atoms with E-state index in [1.54, 1.807) is 26.1 Å². The SMILES string of the molecule is CNCc1ccccc1NS(=O)(=O)c1sc(=O)[nH]c1C. The van der Waals surface area contributed by atoms with Crippen LogP contribution in [0.5, 0.6) is 0 Å². The van der Waals surface area contributed by atoms with E-state index >= 15 is 0 Å². The van der Waals surface area contributed by atoms with Crippen molar-refractivity contribution in [3.63, 3.8) is 0 Å². The number of benzene rings is 1. The lowest BCUT2D eigenvalue weighted by Gasteiger charge is -2.11. The van der Waals surface area contributed by atoms with Crippen molar-refractivity contribution in [3.8, 4) is 0 Å². The predicted octanol–water partition coefficient (Wildman–Crippen LogP) is 1.27. The average Bonchev–Trinajstić information content (AvgIpc) is 2.72. The van der Waals surface area contributed by atoms with Crippen LogP contribution >= 0.6 is 11.3 Å². The highest BCUT2D eigenvalue weighted by atomic mass is 32.2. The maximum Gasteiger partial charge on any atom is 0.306 e. The van der Waals surface area contributed by atoms with Gasteiger partial charge in [-0.3, -0.25) is 9.52 Å². The lowest BCUT2D eigenvalue weighted by molar-refractivity contribution is 0.602. The number of H-pyrrole nitrogens is 1. The third kappa shape index (κ3) is 3.09. The zero-order valence-corrected chi connectivity index (χ0v) is 12.7. The summed E-state index contributed by atoms with van der Waals surface area (Å²) in [6.45, 7) is 2.10. The first-order chi connectivity index (χ1) is 9.44. The van der Waals surface area contributed by atoms with Crippen molar-refractivity contribution in [2.24, 2.45) is 0 Å². The molecule has 1 aromatic heterocycles. The highest BCUT2D eigenvalue weighted by Crippen LogP contribution is 2.22. The van der Waals surface area contributed by atoms with Gasteiger partial charge in [0.1, 0.15) is 0 Å². The van der Waals surface area contributed by atoms with Gasteiger partial charge < -0.3 is 10.3 Å². The number of anilines is 1. The maximum absolute atomic E-state index is 12.3. The van der Waals surface area contributed by atoms with Crippen molar-refractivity contribution in [2.45, 2.75) is 17.7 Å². The van der Waals surface area contributed by atoms with Crippen molar-refractivity contribution in [2.75, 3.05) is 11.8 Å². The van der Waals surface area contributed by atoms with Crippen molar-refractivity contribution in [3.05, 3.63) is 45.2 Å². The summed E-state index contributed by atoms with van der Waals surface area (Å²) in [5, 5.41) is 2.98. The third-order valence-electron chi connectivity index (χ3n) is 2.65. The summed E-state index contributed by atoms with van der Waals surface area (Å²) in [7, 11) is -1.97. The molecule has 20 heavy (non-hydrogen) atoms. The first kappa shape index (κ1) is 14.8. The minimum absolute atomic E-state index is 0.0155. The van der Waals surface area contributed by atoms with E-state index in [1.165, 1.54) is 0 Å². The lowest BCUT2D eigenvalue weighted by Crippen LogP contribution is -2.15. The summed E-state index contributed by atoms with van der Waals surface area (Å²) in [5.74, 6) is 0. The van der Waals surface area contributed by atoms with Crippen LogP contribution in [0.2, 0.25) is 0 Å². The topological polar surface area (TPSA) is 91.1 Å². The minimum Gasteiger partial charge on any atom is -0.316 e. The number of nitrogens with one attached hydrogen (secondary N) is 3. The second-order valence-electron chi connectivity index (χ2n) is 4.22. The summed E-state index contributed by atoms with van der Waals surface area (Å²) in [5.41, 5.74) is 1.68. The van der Waals surface area contributed by atoms with E-state index in [0.717, 1.165) is 5.56 Å². The van der Waals surface area contributed by atoms with Gasteiger partial charge in [-0.2, -0.15) is 0 Å². The van der Waals surface area contributed by atoms with E-state index in [-0.39, 0.29) is 9.08 Å². The first-order valence-electron chi connectivity index (χ1n) is 5.89. The Labute approximate surface area is 120 Å². The normalized spacial score (nSPS) is 11.5. The fourth-order valence-electron chi connectivity index (χ4n) is 1.80. The molecule has 0 saturated carbocycles. The van der Waals surface area contributed by atoms with Crippen LogP contribution in [0.25, 0.3) is 0 Å². The van der Waals surface area contributed by atoms with E-state index in [4.69, 9.17) is 0 Å². The van der Waals surface area contributed by atoms with E-state index in [2.05, 4.69) is 15.0 Å². The predicted molar refractivity (Wildman–Crippen MR) is 79.7 cm³/mol. The number of thiazole rings is 1. The highest BCUT2D eigenvalue weighted by Gasteiger charge is 2.21. The van der Waals surface area contributed by atoms with Crippen LogP contribution in [0.15, 0.2) is 33.3 Å². The molecule has 0 atom stereocenters. The van der Waals surface area contributed by atoms with Gasteiger partial charge in [0, 0.05) is 12.2 Å². The number of hydrogen-bond acceptors (Lipinski definition) is 5. The van der Waals surface area contributed by atoms with Crippen LogP contribution in [0.3, 0.4) is 0 Å². The Hall–Kier alpha value is -1.64. The van der Waals surface area contributed by atoms with E-state index in [1.807, 2.05) is 12.1 Å². The quantitative estimate of drug-likeness (QED) is 0.775. The largest absolute Gasteiger partial charge is 0.316 e. The number of sulfonamides is 1. The molecule has 2 rings (SSSR count). The molecule has 3 N–H and O–H groups in total. The lowest BCUT2D eigenvalue weighted by atomic mass is 10.2. The van der Waals surface area contributed by atoms with Crippen molar-refractivity contribution in [1.29, 1.82) is 0 Å². The van der Waals surface area contributed by atoms with Gasteiger partial charge >= 0.3 is 4.87 Å². The van der Waals surface area contributed by atoms with Crippen LogP contribution in [0.4, 0.5) is 5.69 Å². The van der Waals surface area contributed by atoms with Crippen molar-refractivity contribution < 1.29 is 8.42 Å². The molecule has 0 aliphatic rings. The summed E-state index contributed by atoms with van der Waals surface area (Å²) >= 11 is 0.683. The van der Waals surface area contributed by atoms with Crippen molar-refractivity contribution >= 4 is 27.0 Å². The Bertz CT molecular complexity index is 762. The zero-order chi connectivity index (χ0) is 14.8. The Morgan fingerprint density at radius 3 is 2.60 bits per heavy atom. The van der Waals surface area contributed by atoms with Gasteiger partial charge in [0.15, 0.2) is 4.21 Å². The standard InChI is InChI=1S/C12H15N3O3S2/c1-8-11(19-12(16)14-8)20(17,18)15-10-6-4-3-5-9(10)7-13-2/h3-6,13,15H,7H2,1-2H3,(H,14,16). The van der Waals surface area contributed by atoms with Gasteiger partial charge in [-0.15, -0.1) is 0 Å². The van der Waals surface area contributed by atoms with Gasteiger partial charge in [-0.25, -0.2) is 8.42 Å². The Morgan fingerprint density at radius 2 is 2.00 bits per heavy atom. The monoisotopic (exact) mass is 313 g/mol. The second kappa shape index (κ2) is 5.78. The summed E-state index contributed by atoms with van der Waals surface area (Å²) in [4.78, 5) is 13.3. The Morgan fingerprint density at radius 1 is 1.30 bits per heavy atom. The molecule has 0 amide bonds. The number of rotatable bonds is 5. The van der Waals surface area contributed by atoms with E-state index < -0.39 is 10.0 Å². The second-order valence-corrected chi connectivity index (χ2v) is 7.08. The minimum atomic E-state index is -3.75. The molecule has 1 aromatic carbocycles. The molecular formula is C12H15N3O3S2. The molecule has 108 valence electrons. The van der Waals surface area contributed by atoms with Crippen LogP contribution in [-0.2, 0) is 16.6 Å². The van der Waals surface area contributed by atoms with Crippen LogP contribution in [0, 0.1) is 6.92 Å². The molecule has 2 aromatic rings. The van der Waals surface area contributed by atoms with Crippen LogP contribution in [0.1, 0.15) is 11.3 Å². The first-order valence-corrected chi connectivity index (χ1v) is 8.19.